The molecule has 1 aliphatic heterocycles. The molecule has 5 rings (SSSR count). The van der Waals surface area contributed by atoms with E-state index in [0.717, 1.165) is 47.7 Å². The fourth-order valence-corrected chi connectivity index (χ4v) is 5.62. The number of hydrogen-bond acceptors (Lipinski definition) is 5. The summed E-state index contributed by atoms with van der Waals surface area (Å²) in [6, 6.07) is 24.2. The number of carboxylic acid groups (broad SMARTS) is 1. The topological polar surface area (TPSA) is 79.2 Å². The number of amides is 1. The highest BCUT2D eigenvalue weighted by Gasteiger charge is 2.38. The van der Waals surface area contributed by atoms with E-state index in [1.54, 1.807) is 24.3 Å². The summed E-state index contributed by atoms with van der Waals surface area (Å²) in [6.07, 6.45) is 7.45. The summed E-state index contributed by atoms with van der Waals surface area (Å²) in [4.78, 5) is 31.9. The molecule has 3 aromatic carbocycles. The van der Waals surface area contributed by atoms with Crippen molar-refractivity contribution in [1.82, 2.24) is 4.90 Å². The zero-order valence-corrected chi connectivity index (χ0v) is 21.2. The quantitative estimate of drug-likeness (QED) is 0.348. The van der Waals surface area contributed by atoms with Crippen molar-refractivity contribution >= 4 is 40.6 Å². The van der Waals surface area contributed by atoms with Crippen molar-refractivity contribution in [2.45, 2.75) is 44.8 Å². The van der Waals surface area contributed by atoms with Gasteiger partial charge < -0.3 is 9.84 Å². The number of carbonyl (C=O) groups excluding carboxylic acids is 1. The Morgan fingerprint density at radius 3 is 2.35 bits per heavy atom. The van der Waals surface area contributed by atoms with E-state index in [2.05, 4.69) is 0 Å². The van der Waals surface area contributed by atoms with Gasteiger partial charge in [0.25, 0.3) is 5.91 Å². The van der Waals surface area contributed by atoms with Crippen LogP contribution in [0, 0.1) is 0 Å². The highest BCUT2D eigenvalue weighted by molar-refractivity contribution is 8.18. The molecule has 0 unspecified atom stereocenters. The Balaban J connectivity index is 1.30. The molecular weight excluding hydrogens is 484 g/mol. The molecule has 7 heteroatoms. The number of carbonyl (C=O) groups is 2. The van der Waals surface area contributed by atoms with Gasteiger partial charge in [-0.05, 0) is 78.2 Å². The molecule has 1 aliphatic carbocycles. The van der Waals surface area contributed by atoms with Crippen molar-refractivity contribution in [3.63, 3.8) is 0 Å². The number of benzene rings is 3. The Labute approximate surface area is 220 Å². The lowest BCUT2D eigenvalue weighted by Crippen LogP contribution is -2.40. The van der Waals surface area contributed by atoms with Crippen molar-refractivity contribution in [3.8, 4) is 5.75 Å². The van der Waals surface area contributed by atoms with Crippen molar-refractivity contribution in [3.05, 3.63) is 100 Å². The standard InChI is InChI=1S/C30H28N2O4S/c33-28-27(37-30(31-24-7-3-1-4-8-24)32(28)25-9-5-2-6-10-25)19-21-13-17-26(18-14-21)36-20-22-11-15-23(16-12-22)29(34)35/h1,3-4,7-8,11-19,25H,2,5-6,9-10,20H2,(H,34,35)/b27-19-,31-30?. The zero-order valence-electron chi connectivity index (χ0n) is 20.4. The molecule has 3 aromatic rings. The Morgan fingerprint density at radius 2 is 1.68 bits per heavy atom. The molecule has 2 aliphatic rings. The molecule has 6 nitrogen and oxygen atoms in total. The van der Waals surface area contributed by atoms with E-state index in [-0.39, 0.29) is 17.5 Å². The molecule has 37 heavy (non-hydrogen) atoms. The molecule has 188 valence electrons. The third-order valence-corrected chi connectivity index (χ3v) is 7.52. The van der Waals surface area contributed by atoms with Crippen LogP contribution in [-0.2, 0) is 11.4 Å². The highest BCUT2D eigenvalue weighted by Crippen LogP contribution is 2.38. The number of para-hydroxylation sites is 1. The number of amidine groups is 1. The normalized spacial score (nSPS) is 18.5. The maximum atomic E-state index is 13.5. The highest BCUT2D eigenvalue weighted by atomic mass is 32.2. The Bertz CT molecular complexity index is 1310. The fourth-order valence-electron chi connectivity index (χ4n) is 4.56. The molecule has 0 spiro atoms. The molecule has 0 radical (unpaired) electrons. The van der Waals surface area contributed by atoms with Crippen LogP contribution in [0.4, 0.5) is 5.69 Å². The van der Waals surface area contributed by atoms with Crippen LogP contribution in [0.1, 0.15) is 53.6 Å². The minimum Gasteiger partial charge on any atom is -0.489 e. The first-order chi connectivity index (χ1) is 18.1. The van der Waals surface area contributed by atoms with Crippen LogP contribution < -0.4 is 4.74 Å². The monoisotopic (exact) mass is 512 g/mol. The van der Waals surface area contributed by atoms with E-state index >= 15 is 0 Å². The van der Waals surface area contributed by atoms with E-state index in [9.17, 15) is 9.59 Å². The second-order valence-corrected chi connectivity index (χ2v) is 10.2. The SMILES string of the molecule is O=C(O)c1ccc(COc2ccc(/C=C3\SC(=Nc4ccccc4)N(C4CCCCC4)C3=O)cc2)cc1. The molecule has 1 saturated carbocycles. The number of aromatic carboxylic acids is 1. The number of thioether (sulfide) groups is 1. The number of aliphatic imine (C=N–C) groups is 1. The van der Waals surface area contributed by atoms with Gasteiger partial charge in [-0.2, -0.15) is 0 Å². The molecule has 1 heterocycles. The second kappa shape index (κ2) is 11.5. The van der Waals surface area contributed by atoms with E-state index < -0.39 is 5.97 Å². The fraction of sp³-hybridized carbons (Fsp3) is 0.233. The van der Waals surface area contributed by atoms with Gasteiger partial charge in [0.05, 0.1) is 16.2 Å². The first kappa shape index (κ1) is 24.8. The van der Waals surface area contributed by atoms with Crippen molar-refractivity contribution in [2.75, 3.05) is 0 Å². The molecule has 2 fully saturated rings. The minimum atomic E-state index is -0.948. The van der Waals surface area contributed by atoms with Crippen LogP contribution in [0.3, 0.4) is 0 Å². The maximum absolute atomic E-state index is 13.5. The summed E-state index contributed by atoms with van der Waals surface area (Å²) in [5.74, 6) is -0.224. The average molecular weight is 513 g/mol. The van der Waals surface area contributed by atoms with E-state index in [4.69, 9.17) is 14.8 Å². The average Bonchev–Trinajstić information content (AvgIpc) is 3.23. The minimum absolute atomic E-state index is 0.0247. The molecular formula is C30H28N2O4S. The summed E-state index contributed by atoms with van der Waals surface area (Å²) in [5.41, 5.74) is 2.90. The van der Waals surface area contributed by atoms with Crippen LogP contribution in [0.25, 0.3) is 6.08 Å². The summed E-state index contributed by atoms with van der Waals surface area (Å²) in [7, 11) is 0. The van der Waals surface area contributed by atoms with Crippen molar-refractivity contribution in [1.29, 1.82) is 0 Å². The van der Waals surface area contributed by atoms with Gasteiger partial charge >= 0.3 is 5.97 Å². The first-order valence-electron chi connectivity index (χ1n) is 12.5. The van der Waals surface area contributed by atoms with E-state index in [1.807, 2.05) is 65.6 Å². The Kier molecular flexibility index (Phi) is 7.70. The first-order valence-corrected chi connectivity index (χ1v) is 13.3. The zero-order chi connectivity index (χ0) is 25.6. The predicted molar refractivity (Wildman–Crippen MR) is 147 cm³/mol. The largest absolute Gasteiger partial charge is 0.489 e. The molecule has 0 bridgehead atoms. The number of ether oxygens (including phenoxy) is 1. The lowest BCUT2D eigenvalue weighted by molar-refractivity contribution is -0.124. The molecule has 1 saturated heterocycles. The smallest absolute Gasteiger partial charge is 0.335 e. The summed E-state index contributed by atoms with van der Waals surface area (Å²) < 4.78 is 5.85. The van der Waals surface area contributed by atoms with Gasteiger partial charge in [-0.15, -0.1) is 0 Å². The summed E-state index contributed by atoms with van der Waals surface area (Å²) in [5, 5.41) is 9.77. The Hall–Kier alpha value is -3.84. The van der Waals surface area contributed by atoms with Gasteiger partial charge in [-0.25, -0.2) is 9.79 Å². The summed E-state index contributed by atoms with van der Waals surface area (Å²) in [6.45, 7) is 0.338. The number of rotatable bonds is 7. The number of carboxylic acids is 1. The maximum Gasteiger partial charge on any atom is 0.335 e. The van der Waals surface area contributed by atoms with Crippen molar-refractivity contribution in [2.24, 2.45) is 4.99 Å². The molecule has 1 N–H and O–H groups in total. The number of nitrogens with zero attached hydrogens (tertiary/aromatic N) is 2. The van der Waals surface area contributed by atoms with Gasteiger partial charge in [0.2, 0.25) is 0 Å². The lowest BCUT2D eigenvalue weighted by atomic mass is 9.94. The third kappa shape index (κ3) is 6.12. The Morgan fingerprint density at radius 1 is 0.973 bits per heavy atom. The van der Waals surface area contributed by atoms with Crippen molar-refractivity contribution < 1.29 is 19.4 Å². The van der Waals surface area contributed by atoms with Crippen LogP contribution in [-0.4, -0.2) is 33.1 Å². The van der Waals surface area contributed by atoms with E-state index in [0.29, 0.717) is 17.3 Å². The predicted octanol–water partition coefficient (Wildman–Crippen LogP) is 6.90. The van der Waals surface area contributed by atoms with Crippen LogP contribution >= 0.6 is 11.8 Å². The van der Waals surface area contributed by atoms with Gasteiger partial charge in [-0.3, -0.25) is 9.69 Å². The third-order valence-electron chi connectivity index (χ3n) is 6.54. The van der Waals surface area contributed by atoms with E-state index in [1.165, 1.54) is 18.2 Å². The van der Waals surface area contributed by atoms with Gasteiger partial charge in [0, 0.05) is 6.04 Å². The van der Waals surface area contributed by atoms with Gasteiger partial charge in [0.15, 0.2) is 5.17 Å². The lowest BCUT2D eigenvalue weighted by Gasteiger charge is -2.30. The van der Waals surface area contributed by atoms with Crippen LogP contribution in [0.5, 0.6) is 5.75 Å². The van der Waals surface area contributed by atoms with Gasteiger partial charge in [0.1, 0.15) is 12.4 Å². The van der Waals surface area contributed by atoms with Gasteiger partial charge in [-0.1, -0.05) is 61.7 Å². The molecule has 0 aromatic heterocycles. The number of hydrogen-bond donors (Lipinski definition) is 1. The van der Waals surface area contributed by atoms with Crippen LogP contribution in [0.2, 0.25) is 0 Å². The van der Waals surface area contributed by atoms with Crippen LogP contribution in [0.15, 0.2) is 88.8 Å². The second-order valence-electron chi connectivity index (χ2n) is 9.17. The molecule has 1 amide bonds. The molecule has 0 atom stereocenters. The summed E-state index contributed by atoms with van der Waals surface area (Å²) >= 11 is 1.44.